The van der Waals surface area contributed by atoms with Crippen LogP contribution in [-0.4, -0.2) is 44.2 Å². The number of para-hydroxylation sites is 1. The van der Waals surface area contributed by atoms with Crippen molar-refractivity contribution < 1.29 is 33.6 Å². The van der Waals surface area contributed by atoms with Gasteiger partial charge in [-0.3, -0.25) is 14.5 Å². The second-order valence-corrected chi connectivity index (χ2v) is 9.80. The highest BCUT2D eigenvalue weighted by molar-refractivity contribution is 6.51. The summed E-state index contributed by atoms with van der Waals surface area (Å²) in [6.45, 7) is 6.67. The van der Waals surface area contributed by atoms with Crippen LogP contribution in [0.25, 0.3) is 5.76 Å². The molecule has 8 heteroatoms. The lowest BCUT2D eigenvalue weighted by atomic mass is 9.90. The Morgan fingerprint density at radius 2 is 1.64 bits per heavy atom. The smallest absolute Gasteiger partial charge is 0.300 e. The van der Waals surface area contributed by atoms with Gasteiger partial charge in [0.15, 0.2) is 11.5 Å². The van der Waals surface area contributed by atoms with Crippen LogP contribution in [0, 0.1) is 6.92 Å². The fraction of sp³-hybridized carbons (Fsp3) is 0.290. The fourth-order valence-corrected chi connectivity index (χ4v) is 5.19. The Morgan fingerprint density at radius 1 is 0.949 bits per heavy atom. The zero-order valence-corrected chi connectivity index (χ0v) is 22.6. The van der Waals surface area contributed by atoms with Gasteiger partial charge in [0.25, 0.3) is 11.7 Å². The number of hydrogen-bond donors (Lipinski definition) is 1. The van der Waals surface area contributed by atoms with Crippen molar-refractivity contribution in [2.24, 2.45) is 0 Å². The minimum Gasteiger partial charge on any atom is -0.507 e. The molecule has 1 N–H and O–H groups in total. The van der Waals surface area contributed by atoms with E-state index in [0.717, 1.165) is 5.56 Å². The monoisotopic (exact) mass is 529 g/mol. The van der Waals surface area contributed by atoms with E-state index in [0.29, 0.717) is 58.6 Å². The molecule has 0 spiro atoms. The summed E-state index contributed by atoms with van der Waals surface area (Å²) in [5.74, 6) is 0.490. The van der Waals surface area contributed by atoms with E-state index in [9.17, 15) is 14.7 Å². The summed E-state index contributed by atoms with van der Waals surface area (Å²) >= 11 is 0. The molecule has 1 unspecified atom stereocenters. The molecule has 0 aliphatic carbocycles. The molecule has 0 aromatic heterocycles. The Labute approximate surface area is 227 Å². The van der Waals surface area contributed by atoms with E-state index < -0.39 is 17.7 Å². The number of aryl methyl sites for hydroxylation is 1. The first-order valence-electron chi connectivity index (χ1n) is 12.8. The van der Waals surface area contributed by atoms with Crippen LogP contribution in [0.3, 0.4) is 0 Å². The van der Waals surface area contributed by atoms with Gasteiger partial charge in [0.05, 0.1) is 25.8 Å². The molecular weight excluding hydrogens is 498 g/mol. The van der Waals surface area contributed by atoms with Crippen LogP contribution in [-0.2, 0) is 9.59 Å². The van der Waals surface area contributed by atoms with Crippen molar-refractivity contribution >= 4 is 23.1 Å². The number of Topliss-reactive ketones (excluding diaryl/α,β-unsaturated/α-hetero) is 1. The number of ketones is 1. The number of fused-ring (bicyclic) bond motifs is 1. The number of ether oxygens (including phenoxy) is 4. The first-order chi connectivity index (χ1) is 18.8. The van der Waals surface area contributed by atoms with Crippen molar-refractivity contribution in [2.45, 2.75) is 32.7 Å². The fourth-order valence-electron chi connectivity index (χ4n) is 5.19. The van der Waals surface area contributed by atoms with Crippen molar-refractivity contribution in [2.75, 3.05) is 32.3 Å². The third kappa shape index (κ3) is 4.46. The molecule has 3 aromatic carbocycles. The summed E-state index contributed by atoms with van der Waals surface area (Å²) in [4.78, 5) is 28.7. The van der Waals surface area contributed by atoms with Crippen LogP contribution in [0.2, 0.25) is 0 Å². The largest absolute Gasteiger partial charge is 0.507 e. The first-order valence-corrected chi connectivity index (χ1v) is 12.8. The number of carbonyl (C=O) groups excluding carboxylic acids is 2. The maximum Gasteiger partial charge on any atom is 0.300 e. The minimum absolute atomic E-state index is 0.0256. The van der Waals surface area contributed by atoms with Crippen molar-refractivity contribution in [1.29, 1.82) is 0 Å². The molecule has 1 amide bonds. The molecule has 1 atom stereocenters. The Morgan fingerprint density at radius 3 is 2.33 bits per heavy atom. The van der Waals surface area contributed by atoms with Gasteiger partial charge in [0, 0.05) is 22.9 Å². The average Bonchev–Trinajstić information content (AvgIpc) is 3.21. The number of aliphatic hydroxyl groups is 1. The number of methoxy groups -OCH3 is 2. The summed E-state index contributed by atoms with van der Waals surface area (Å²) in [7, 11) is 3.12. The van der Waals surface area contributed by atoms with Gasteiger partial charge in [0.1, 0.15) is 30.5 Å². The average molecular weight is 530 g/mol. The molecule has 2 heterocycles. The summed E-state index contributed by atoms with van der Waals surface area (Å²) < 4.78 is 22.6. The highest BCUT2D eigenvalue weighted by Gasteiger charge is 2.48. The molecule has 39 heavy (non-hydrogen) atoms. The van der Waals surface area contributed by atoms with Crippen LogP contribution >= 0.6 is 0 Å². The molecular formula is C31H31NO7. The Kier molecular flexibility index (Phi) is 6.95. The second-order valence-electron chi connectivity index (χ2n) is 9.80. The van der Waals surface area contributed by atoms with Gasteiger partial charge < -0.3 is 24.1 Å². The van der Waals surface area contributed by atoms with Crippen LogP contribution in [0.4, 0.5) is 5.69 Å². The Bertz CT molecular complexity index is 1490. The van der Waals surface area contributed by atoms with E-state index in [1.807, 2.05) is 32.9 Å². The molecule has 1 saturated heterocycles. The molecule has 5 rings (SSSR count). The number of carbonyl (C=O) groups is 2. The van der Waals surface area contributed by atoms with E-state index in [2.05, 4.69) is 0 Å². The molecule has 2 aliphatic heterocycles. The number of rotatable bonds is 6. The molecule has 2 aliphatic rings. The molecule has 1 fully saturated rings. The van der Waals surface area contributed by atoms with Gasteiger partial charge >= 0.3 is 0 Å². The van der Waals surface area contributed by atoms with E-state index in [1.165, 1.54) is 12.0 Å². The molecule has 202 valence electrons. The lowest BCUT2D eigenvalue weighted by Crippen LogP contribution is -2.30. The van der Waals surface area contributed by atoms with Crippen molar-refractivity contribution in [3.63, 3.8) is 0 Å². The summed E-state index contributed by atoms with van der Waals surface area (Å²) in [6, 6.07) is 15.0. The quantitative estimate of drug-likeness (QED) is 0.255. The lowest BCUT2D eigenvalue weighted by molar-refractivity contribution is -0.132. The second kappa shape index (κ2) is 10.4. The van der Waals surface area contributed by atoms with Gasteiger partial charge in [-0.15, -0.1) is 0 Å². The predicted octanol–water partition coefficient (Wildman–Crippen LogP) is 5.53. The molecule has 0 radical (unpaired) electrons. The summed E-state index contributed by atoms with van der Waals surface area (Å²) in [6.07, 6.45) is 0. The number of aliphatic hydroxyl groups excluding tert-OH is 1. The topological polar surface area (TPSA) is 94.5 Å². The lowest BCUT2D eigenvalue weighted by Gasteiger charge is -2.28. The number of anilines is 1. The third-order valence-corrected chi connectivity index (χ3v) is 7.14. The normalized spacial score (nSPS) is 18.0. The van der Waals surface area contributed by atoms with Crippen LogP contribution < -0.4 is 23.8 Å². The van der Waals surface area contributed by atoms with Crippen molar-refractivity contribution in [3.05, 3.63) is 82.4 Å². The summed E-state index contributed by atoms with van der Waals surface area (Å²) in [5.41, 5.74) is 3.01. The standard InChI is InChI=1S/C31H31NO7/c1-17(2)21-16-22(18(3)14-25(21)37-5)29(33)27-28(20-8-6-7-9-23(20)36-4)32(31(35)30(27)34)19-10-11-24-26(15-19)39-13-12-38-24/h6-11,14-17,28,33H,12-13H2,1-5H3/b29-27+. The highest BCUT2D eigenvalue weighted by Crippen LogP contribution is 2.47. The highest BCUT2D eigenvalue weighted by atomic mass is 16.6. The molecule has 3 aromatic rings. The zero-order chi connectivity index (χ0) is 27.8. The zero-order valence-electron chi connectivity index (χ0n) is 22.6. The Balaban J connectivity index is 1.76. The summed E-state index contributed by atoms with van der Waals surface area (Å²) in [5, 5.41) is 11.8. The number of hydrogen-bond acceptors (Lipinski definition) is 7. The van der Waals surface area contributed by atoms with E-state index in [4.69, 9.17) is 18.9 Å². The van der Waals surface area contributed by atoms with Gasteiger partial charge in [-0.1, -0.05) is 32.0 Å². The minimum atomic E-state index is -0.951. The predicted molar refractivity (Wildman–Crippen MR) is 147 cm³/mol. The van der Waals surface area contributed by atoms with Gasteiger partial charge in [-0.05, 0) is 54.3 Å². The van der Waals surface area contributed by atoms with Gasteiger partial charge in [-0.2, -0.15) is 0 Å². The third-order valence-electron chi connectivity index (χ3n) is 7.14. The number of amides is 1. The molecule has 0 bridgehead atoms. The Hall–Kier alpha value is -4.46. The maximum absolute atomic E-state index is 13.7. The van der Waals surface area contributed by atoms with Gasteiger partial charge in [-0.25, -0.2) is 0 Å². The van der Waals surface area contributed by atoms with Crippen LogP contribution in [0.1, 0.15) is 48.1 Å². The van der Waals surface area contributed by atoms with E-state index in [1.54, 1.807) is 49.6 Å². The van der Waals surface area contributed by atoms with Crippen LogP contribution in [0.5, 0.6) is 23.0 Å². The number of nitrogens with zero attached hydrogens (tertiary/aromatic N) is 1. The van der Waals surface area contributed by atoms with Crippen molar-refractivity contribution in [3.8, 4) is 23.0 Å². The first kappa shape index (κ1) is 26.2. The van der Waals surface area contributed by atoms with Gasteiger partial charge in [0.2, 0.25) is 0 Å². The maximum atomic E-state index is 13.7. The van der Waals surface area contributed by atoms with Crippen LogP contribution in [0.15, 0.2) is 60.2 Å². The molecule has 8 nitrogen and oxygen atoms in total. The molecule has 0 saturated carbocycles. The van der Waals surface area contributed by atoms with E-state index in [-0.39, 0.29) is 17.3 Å². The van der Waals surface area contributed by atoms with Crippen molar-refractivity contribution in [1.82, 2.24) is 0 Å². The number of benzene rings is 3. The van der Waals surface area contributed by atoms with E-state index >= 15 is 0 Å². The SMILES string of the molecule is COc1cc(C)c(/C(O)=C2\C(=O)C(=O)N(c3ccc4c(c3)OCCO4)C2c2ccccc2OC)cc1C(C)C.